The summed E-state index contributed by atoms with van der Waals surface area (Å²) in [5.41, 5.74) is 7.46. The van der Waals surface area contributed by atoms with Crippen LogP contribution in [0, 0.1) is 11.7 Å². The molecular formula is C22H25ClFN7O4. The average molecular weight is 506 g/mol. The Morgan fingerprint density at radius 2 is 2.09 bits per heavy atom. The van der Waals surface area contributed by atoms with Gasteiger partial charge >= 0.3 is 12.1 Å². The molecular weight excluding hydrogens is 481 g/mol. The Kier molecular flexibility index (Phi) is 7.97. The Balaban J connectivity index is 0.00000342. The molecule has 1 aliphatic heterocycles. The third kappa shape index (κ3) is 5.72. The molecule has 1 amide bonds. The van der Waals surface area contributed by atoms with E-state index in [0.717, 1.165) is 0 Å². The fourth-order valence-corrected chi connectivity index (χ4v) is 3.34. The number of ether oxygens (including phenoxy) is 2. The summed E-state index contributed by atoms with van der Waals surface area (Å²) in [6.07, 6.45) is 0.189. The standard InChI is InChI=1S/C22H24FN7O4.ClH/c1-12(2)19(24)21(31)33-11-15-10-30(22(32)34-15)14-5-6-16(17(23)8-14)13-4-7-18(25-9-13)20-26-28-29(3)27-20;/h4-9,12,15,19H,10-11,24H2,1-3H3;1H/t15-,19+;/m1./s1. The van der Waals surface area contributed by atoms with E-state index in [0.29, 0.717) is 28.3 Å². The van der Waals surface area contributed by atoms with Crippen LogP contribution in [0.5, 0.6) is 0 Å². The van der Waals surface area contributed by atoms with Gasteiger partial charge in [0.05, 0.1) is 19.3 Å². The van der Waals surface area contributed by atoms with Crippen LogP contribution in [-0.4, -0.2) is 62.6 Å². The van der Waals surface area contributed by atoms with Gasteiger partial charge < -0.3 is 15.2 Å². The lowest BCUT2D eigenvalue weighted by Gasteiger charge is -2.16. The molecule has 0 bridgehead atoms. The summed E-state index contributed by atoms with van der Waals surface area (Å²) >= 11 is 0. The van der Waals surface area contributed by atoms with Gasteiger partial charge in [0.2, 0.25) is 5.82 Å². The highest BCUT2D eigenvalue weighted by molar-refractivity contribution is 5.90. The van der Waals surface area contributed by atoms with Crippen molar-refractivity contribution in [2.75, 3.05) is 18.1 Å². The van der Waals surface area contributed by atoms with Gasteiger partial charge in [-0.15, -0.1) is 22.6 Å². The monoisotopic (exact) mass is 505 g/mol. The number of hydrogen-bond donors (Lipinski definition) is 1. The molecule has 186 valence electrons. The van der Waals surface area contributed by atoms with Crippen LogP contribution in [0.2, 0.25) is 0 Å². The summed E-state index contributed by atoms with van der Waals surface area (Å²) < 4.78 is 25.3. The summed E-state index contributed by atoms with van der Waals surface area (Å²) in [7, 11) is 1.65. The minimum Gasteiger partial charge on any atom is -0.460 e. The molecule has 0 aliphatic carbocycles. The minimum absolute atomic E-state index is 0. The van der Waals surface area contributed by atoms with Crippen LogP contribution in [0.4, 0.5) is 14.9 Å². The topological polar surface area (TPSA) is 138 Å². The number of tetrazole rings is 1. The van der Waals surface area contributed by atoms with E-state index in [9.17, 15) is 14.0 Å². The first-order valence-corrected chi connectivity index (χ1v) is 10.6. The third-order valence-electron chi connectivity index (χ3n) is 5.35. The molecule has 2 aromatic heterocycles. The Labute approximate surface area is 206 Å². The zero-order chi connectivity index (χ0) is 24.4. The lowest BCUT2D eigenvalue weighted by molar-refractivity contribution is -0.148. The van der Waals surface area contributed by atoms with Crippen molar-refractivity contribution in [3.63, 3.8) is 0 Å². The van der Waals surface area contributed by atoms with Crippen molar-refractivity contribution in [3.8, 4) is 22.6 Å². The summed E-state index contributed by atoms with van der Waals surface area (Å²) in [4.78, 5) is 31.1. The van der Waals surface area contributed by atoms with Crippen molar-refractivity contribution < 1.29 is 23.5 Å². The smallest absolute Gasteiger partial charge is 0.414 e. The van der Waals surface area contributed by atoms with Gasteiger partial charge in [-0.2, -0.15) is 4.80 Å². The molecule has 0 radical (unpaired) electrons. The van der Waals surface area contributed by atoms with Gasteiger partial charge in [0.25, 0.3) is 0 Å². The number of halogens is 2. The minimum atomic E-state index is -0.754. The lowest BCUT2D eigenvalue weighted by atomic mass is 10.1. The second-order valence-corrected chi connectivity index (χ2v) is 8.21. The molecule has 35 heavy (non-hydrogen) atoms. The molecule has 3 aromatic rings. The summed E-state index contributed by atoms with van der Waals surface area (Å²) in [6.45, 7) is 3.60. The number of nitrogens with two attached hydrogens (primary N) is 1. The molecule has 4 rings (SSSR count). The van der Waals surface area contributed by atoms with E-state index >= 15 is 0 Å². The maximum atomic E-state index is 14.9. The van der Waals surface area contributed by atoms with E-state index in [1.165, 1.54) is 22.0 Å². The summed E-state index contributed by atoms with van der Waals surface area (Å²) in [6, 6.07) is 7.04. The molecule has 2 N–H and O–H groups in total. The number of benzene rings is 1. The van der Waals surface area contributed by atoms with Gasteiger partial charge in [0.1, 0.15) is 24.2 Å². The maximum Gasteiger partial charge on any atom is 0.414 e. The predicted molar refractivity (Wildman–Crippen MR) is 126 cm³/mol. The highest BCUT2D eigenvalue weighted by Gasteiger charge is 2.34. The van der Waals surface area contributed by atoms with Gasteiger partial charge in [-0.1, -0.05) is 19.9 Å². The molecule has 2 atom stereocenters. The number of hydrogen-bond acceptors (Lipinski definition) is 9. The van der Waals surface area contributed by atoms with Gasteiger partial charge in [-0.25, -0.2) is 9.18 Å². The highest BCUT2D eigenvalue weighted by Crippen LogP contribution is 2.29. The largest absolute Gasteiger partial charge is 0.460 e. The first-order valence-electron chi connectivity index (χ1n) is 10.6. The Bertz CT molecular complexity index is 1200. The van der Waals surface area contributed by atoms with Crippen LogP contribution in [0.3, 0.4) is 0 Å². The first-order chi connectivity index (χ1) is 16.2. The number of nitrogens with zero attached hydrogens (tertiary/aromatic N) is 6. The van der Waals surface area contributed by atoms with Crippen LogP contribution in [0.1, 0.15) is 13.8 Å². The quantitative estimate of drug-likeness (QED) is 0.479. The molecule has 1 saturated heterocycles. The van der Waals surface area contributed by atoms with Gasteiger partial charge in [0, 0.05) is 17.3 Å². The van der Waals surface area contributed by atoms with Crippen molar-refractivity contribution in [1.82, 2.24) is 25.2 Å². The number of carbonyl (C=O) groups is 2. The van der Waals surface area contributed by atoms with E-state index in [-0.39, 0.29) is 31.5 Å². The maximum absolute atomic E-state index is 14.9. The Morgan fingerprint density at radius 1 is 1.31 bits per heavy atom. The van der Waals surface area contributed by atoms with Crippen LogP contribution < -0.4 is 10.6 Å². The number of carbonyl (C=O) groups excluding carboxylic acids is 2. The molecule has 1 aliphatic rings. The highest BCUT2D eigenvalue weighted by atomic mass is 35.5. The van der Waals surface area contributed by atoms with Gasteiger partial charge in [-0.3, -0.25) is 14.7 Å². The van der Waals surface area contributed by atoms with E-state index in [4.69, 9.17) is 15.2 Å². The van der Waals surface area contributed by atoms with Crippen molar-refractivity contribution >= 4 is 30.2 Å². The molecule has 0 unspecified atom stereocenters. The predicted octanol–water partition coefficient (Wildman–Crippen LogP) is 2.35. The van der Waals surface area contributed by atoms with Crippen LogP contribution >= 0.6 is 12.4 Å². The number of cyclic esters (lactones) is 1. The zero-order valence-corrected chi connectivity index (χ0v) is 20.1. The van der Waals surface area contributed by atoms with Crippen molar-refractivity contribution in [2.24, 2.45) is 18.7 Å². The van der Waals surface area contributed by atoms with E-state index < -0.39 is 30.0 Å². The van der Waals surface area contributed by atoms with Crippen LogP contribution in [-0.2, 0) is 21.3 Å². The zero-order valence-electron chi connectivity index (χ0n) is 19.3. The molecule has 3 heterocycles. The Morgan fingerprint density at radius 3 is 2.69 bits per heavy atom. The van der Waals surface area contributed by atoms with E-state index in [1.54, 1.807) is 45.2 Å². The molecule has 13 heteroatoms. The van der Waals surface area contributed by atoms with Crippen molar-refractivity contribution in [1.29, 1.82) is 0 Å². The SMILES string of the molecule is CC(C)[C@H](N)C(=O)OC[C@H]1CN(c2ccc(-c3ccc(-c4nnn(C)n4)nc3)c(F)c2)C(=O)O1.Cl. The molecule has 1 fully saturated rings. The van der Waals surface area contributed by atoms with E-state index in [1.807, 2.05) is 0 Å². The van der Waals surface area contributed by atoms with Crippen molar-refractivity contribution in [2.45, 2.75) is 26.0 Å². The average Bonchev–Trinajstić information content (AvgIpc) is 3.42. The van der Waals surface area contributed by atoms with Crippen LogP contribution in [0.25, 0.3) is 22.6 Å². The fraction of sp³-hybridized carbons (Fsp3) is 0.364. The summed E-state index contributed by atoms with van der Waals surface area (Å²) in [5, 5.41) is 11.7. The van der Waals surface area contributed by atoms with Gasteiger partial charge in [0.15, 0.2) is 6.10 Å². The van der Waals surface area contributed by atoms with Crippen LogP contribution in [0.15, 0.2) is 36.5 Å². The normalized spacial score (nSPS) is 16.1. The van der Waals surface area contributed by atoms with E-state index in [2.05, 4.69) is 20.4 Å². The number of rotatable bonds is 7. The van der Waals surface area contributed by atoms with Gasteiger partial charge in [-0.05, 0) is 35.4 Å². The fourth-order valence-electron chi connectivity index (χ4n) is 3.34. The lowest BCUT2D eigenvalue weighted by Crippen LogP contribution is -2.38. The second-order valence-electron chi connectivity index (χ2n) is 8.21. The number of aryl methyl sites for hydroxylation is 1. The number of esters is 1. The third-order valence-corrected chi connectivity index (χ3v) is 5.35. The second kappa shape index (κ2) is 10.7. The molecule has 1 aromatic carbocycles. The summed E-state index contributed by atoms with van der Waals surface area (Å²) in [5.74, 6) is -0.805. The first kappa shape index (κ1) is 26.0. The number of aromatic nitrogens is 5. The number of amides is 1. The number of anilines is 1. The van der Waals surface area contributed by atoms with Crippen molar-refractivity contribution in [3.05, 3.63) is 42.3 Å². The molecule has 0 saturated carbocycles. The Hall–Kier alpha value is -3.64. The number of pyridine rings is 1. The molecule has 0 spiro atoms. The molecule has 11 nitrogen and oxygen atoms in total.